The van der Waals surface area contributed by atoms with Gasteiger partial charge in [0, 0.05) is 28.3 Å². The molecule has 2 aliphatic heterocycles. The number of nitrogens with zero attached hydrogens (tertiary/aromatic N) is 1. The number of hydrogen-bond acceptors (Lipinski definition) is 3. The summed E-state index contributed by atoms with van der Waals surface area (Å²) in [5.74, 6) is 1.36. The first-order valence-corrected chi connectivity index (χ1v) is 10.1. The lowest BCUT2D eigenvalue weighted by Crippen LogP contribution is -2.38. The van der Waals surface area contributed by atoms with Gasteiger partial charge in [0.05, 0.1) is 15.3 Å². The van der Waals surface area contributed by atoms with Crippen LogP contribution in [-0.4, -0.2) is 22.5 Å². The molecule has 2 atom stereocenters. The van der Waals surface area contributed by atoms with Crippen molar-refractivity contribution in [2.45, 2.75) is 44.3 Å². The highest BCUT2D eigenvalue weighted by Crippen LogP contribution is 2.51. The Hall–Kier alpha value is -0.770. The number of benzene rings is 1. The smallest absolute Gasteiger partial charge is 0.166 e. The molecule has 2 nitrogen and oxygen atoms in total. The fourth-order valence-corrected chi connectivity index (χ4v) is 5.66. The molecule has 2 unspecified atom stereocenters. The van der Waals surface area contributed by atoms with Crippen LogP contribution in [0, 0.1) is 5.41 Å². The van der Waals surface area contributed by atoms with Crippen LogP contribution in [0.5, 0.6) is 0 Å². The number of hydrogen-bond donors (Lipinski definition) is 0. The molecule has 1 aliphatic carbocycles. The van der Waals surface area contributed by atoms with Crippen molar-refractivity contribution in [3.05, 3.63) is 45.1 Å². The van der Waals surface area contributed by atoms with Crippen LogP contribution in [-0.2, 0) is 4.79 Å². The van der Waals surface area contributed by atoms with E-state index in [0.29, 0.717) is 10.0 Å². The summed E-state index contributed by atoms with van der Waals surface area (Å²) in [5, 5.41) is 1.35. The summed E-state index contributed by atoms with van der Waals surface area (Å²) in [5.41, 5.74) is 3.91. The van der Waals surface area contributed by atoms with Gasteiger partial charge in [0.25, 0.3) is 0 Å². The molecule has 2 heterocycles. The van der Waals surface area contributed by atoms with Gasteiger partial charge in [-0.25, -0.2) is 0 Å². The second-order valence-electron chi connectivity index (χ2n) is 7.37. The predicted molar refractivity (Wildman–Crippen MR) is 103 cm³/mol. The van der Waals surface area contributed by atoms with E-state index in [1.54, 1.807) is 0 Å². The van der Waals surface area contributed by atoms with Gasteiger partial charge in [-0.15, -0.1) is 0 Å². The van der Waals surface area contributed by atoms with Crippen molar-refractivity contribution in [3.63, 3.8) is 0 Å². The lowest BCUT2D eigenvalue weighted by molar-refractivity contribution is -0.124. The van der Waals surface area contributed by atoms with Crippen molar-refractivity contribution in [1.29, 1.82) is 0 Å². The number of fused-ring (bicyclic) bond motifs is 1. The quantitative estimate of drug-likeness (QED) is 0.627. The number of ketones is 1. The zero-order chi connectivity index (χ0) is 17.1. The van der Waals surface area contributed by atoms with Crippen LogP contribution in [0.1, 0.15) is 44.6 Å². The lowest BCUT2D eigenvalue weighted by atomic mass is 9.68. The van der Waals surface area contributed by atoms with Crippen LogP contribution < -0.4 is 0 Å². The molecule has 24 heavy (non-hydrogen) atoms. The maximum Gasteiger partial charge on any atom is 0.166 e. The second-order valence-corrected chi connectivity index (χ2v) is 9.43. The highest BCUT2D eigenvalue weighted by Gasteiger charge is 2.46. The Kier molecular flexibility index (Phi) is 4.10. The number of thioether (sulfide) groups is 1. The molecule has 1 aromatic rings. The maximum absolute atomic E-state index is 13.2. The molecular weight excluding hydrogens is 361 g/mol. The number of allylic oxidation sites excluding steroid dienone is 2. The highest BCUT2D eigenvalue weighted by atomic mass is 35.5. The molecule has 0 spiro atoms. The van der Waals surface area contributed by atoms with E-state index in [2.05, 4.69) is 0 Å². The predicted octanol–water partition coefficient (Wildman–Crippen LogP) is 5.68. The first-order chi connectivity index (χ1) is 11.4. The fourth-order valence-electron chi connectivity index (χ4n) is 3.92. The van der Waals surface area contributed by atoms with Gasteiger partial charge in [0.15, 0.2) is 5.78 Å². The molecule has 0 radical (unpaired) electrons. The minimum atomic E-state index is -0.316. The molecule has 0 saturated carbocycles. The van der Waals surface area contributed by atoms with Gasteiger partial charge in [0.1, 0.15) is 0 Å². The average Bonchev–Trinajstić information content (AvgIpc) is 3.00. The third-order valence-corrected chi connectivity index (χ3v) is 7.42. The molecule has 1 fully saturated rings. The number of halogens is 2. The highest BCUT2D eigenvalue weighted by molar-refractivity contribution is 8.01. The summed E-state index contributed by atoms with van der Waals surface area (Å²) < 4.78 is 0. The number of rotatable bonds is 1. The topological polar surface area (TPSA) is 29.4 Å². The Labute approximate surface area is 156 Å². The molecule has 4 rings (SSSR count). The van der Waals surface area contributed by atoms with Crippen LogP contribution in [0.3, 0.4) is 0 Å². The summed E-state index contributed by atoms with van der Waals surface area (Å²) in [6, 6.07) is 5.78. The zero-order valence-electron chi connectivity index (χ0n) is 13.7. The Morgan fingerprint density at radius 3 is 2.75 bits per heavy atom. The first kappa shape index (κ1) is 16.7. The second kappa shape index (κ2) is 5.89. The van der Waals surface area contributed by atoms with Gasteiger partial charge in [0.2, 0.25) is 0 Å². The Bertz CT molecular complexity index is 797. The normalized spacial score (nSPS) is 28.5. The van der Waals surface area contributed by atoms with E-state index in [9.17, 15) is 4.79 Å². The van der Waals surface area contributed by atoms with Crippen molar-refractivity contribution >= 4 is 46.5 Å². The molecule has 126 valence electrons. The minimum Gasteiger partial charge on any atom is -0.294 e. The lowest BCUT2D eigenvalue weighted by Gasteiger charge is -2.38. The van der Waals surface area contributed by atoms with E-state index in [4.69, 9.17) is 28.2 Å². The average molecular weight is 380 g/mol. The van der Waals surface area contributed by atoms with Gasteiger partial charge in [-0.2, -0.15) is 11.8 Å². The van der Waals surface area contributed by atoms with E-state index >= 15 is 0 Å². The van der Waals surface area contributed by atoms with E-state index in [0.717, 1.165) is 41.8 Å². The van der Waals surface area contributed by atoms with Gasteiger partial charge in [-0.05, 0) is 42.7 Å². The Morgan fingerprint density at radius 1 is 1.21 bits per heavy atom. The summed E-state index contributed by atoms with van der Waals surface area (Å²) >= 11 is 14.3. The molecule has 5 heteroatoms. The molecular formula is C19H19Cl2NOS. The standard InChI is InChI=1S/C19H19Cl2NOS/c1-19(2)7-5-13-16(18(19)23)15(17-14(22-13)6-8-24-17)10-3-4-11(20)12(21)9-10/h3-4,9,15,17H,5-8H2,1-2H3. The largest absolute Gasteiger partial charge is 0.294 e. The van der Waals surface area contributed by atoms with E-state index in [1.165, 1.54) is 5.71 Å². The van der Waals surface area contributed by atoms with Crippen molar-refractivity contribution < 1.29 is 4.79 Å². The zero-order valence-corrected chi connectivity index (χ0v) is 16.1. The van der Waals surface area contributed by atoms with Crippen molar-refractivity contribution in [1.82, 2.24) is 0 Å². The van der Waals surface area contributed by atoms with Crippen LogP contribution in [0.15, 0.2) is 34.5 Å². The van der Waals surface area contributed by atoms with Crippen LogP contribution >= 0.6 is 35.0 Å². The summed E-state index contributed by atoms with van der Waals surface area (Å²) in [6.07, 6.45) is 2.77. The van der Waals surface area contributed by atoms with Crippen molar-refractivity contribution in [3.8, 4) is 0 Å². The first-order valence-electron chi connectivity index (χ1n) is 8.30. The van der Waals surface area contributed by atoms with Crippen LogP contribution in [0.25, 0.3) is 0 Å². The summed E-state index contributed by atoms with van der Waals surface area (Å²) in [7, 11) is 0. The fraction of sp³-hybridized carbons (Fsp3) is 0.474. The van der Waals surface area contributed by atoms with Crippen LogP contribution in [0.2, 0.25) is 10.0 Å². The third-order valence-electron chi connectivity index (χ3n) is 5.34. The van der Waals surface area contributed by atoms with Gasteiger partial charge >= 0.3 is 0 Å². The maximum atomic E-state index is 13.2. The minimum absolute atomic E-state index is 0.0434. The van der Waals surface area contributed by atoms with Gasteiger partial charge in [-0.1, -0.05) is 43.1 Å². The molecule has 1 saturated heterocycles. The van der Waals surface area contributed by atoms with Gasteiger partial charge < -0.3 is 0 Å². The van der Waals surface area contributed by atoms with E-state index in [1.807, 2.05) is 43.8 Å². The summed E-state index contributed by atoms with van der Waals surface area (Å²) in [4.78, 5) is 18.1. The SMILES string of the molecule is CC1(C)CCC2=C(C1=O)C(c1ccc(Cl)c(Cl)c1)C1SCCC1=N2. The van der Waals surface area contributed by atoms with Crippen LogP contribution in [0.4, 0.5) is 0 Å². The van der Waals surface area contributed by atoms with Crippen molar-refractivity contribution in [2.75, 3.05) is 5.75 Å². The number of carbonyl (C=O) groups excluding carboxylic acids is 1. The third kappa shape index (κ3) is 2.56. The molecule has 1 aromatic carbocycles. The summed E-state index contributed by atoms with van der Waals surface area (Å²) in [6.45, 7) is 4.10. The Morgan fingerprint density at radius 2 is 2.00 bits per heavy atom. The molecule has 0 amide bonds. The number of aliphatic imine (C=N–C) groups is 1. The molecule has 0 N–H and O–H groups in total. The van der Waals surface area contributed by atoms with E-state index in [-0.39, 0.29) is 22.4 Å². The number of Topliss-reactive ketones (excluding diaryl/α,β-unsaturated/α-hetero) is 1. The Balaban J connectivity index is 1.89. The van der Waals surface area contributed by atoms with E-state index < -0.39 is 0 Å². The molecule has 0 bridgehead atoms. The molecule has 3 aliphatic rings. The molecule has 0 aromatic heterocycles. The van der Waals surface area contributed by atoms with Gasteiger partial charge in [-0.3, -0.25) is 9.79 Å². The van der Waals surface area contributed by atoms with Crippen molar-refractivity contribution in [2.24, 2.45) is 10.4 Å². The monoisotopic (exact) mass is 379 g/mol. The number of carbonyl (C=O) groups is 1.